The highest BCUT2D eigenvalue weighted by Gasteiger charge is 2.34. The minimum Gasteiger partial charge on any atom is -0.408 e. The molecule has 0 saturated heterocycles. The van der Waals surface area contributed by atoms with Crippen LogP contribution in [0.3, 0.4) is 0 Å². The van der Waals surface area contributed by atoms with Crippen molar-refractivity contribution >= 4 is 37.3 Å². The second-order valence-electron chi connectivity index (χ2n) is 14.7. The number of rotatable bonds is 13. The first-order valence-corrected chi connectivity index (χ1v) is 17.4. The molecule has 0 aliphatic carbocycles. The predicted octanol–water partition coefficient (Wildman–Crippen LogP) is 10.5. The minimum atomic E-state index is -0.739. The smallest absolute Gasteiger partial charge is 0.236 e. The van der Waals surface area contributed by atoms with Crippen LogP contribution in [0.25, 0.3) is 17.7 Å². The minimum absolute atomic E-state index is 0.0925. The van der Waals surface area contributed by atoms with Gasteiger partial charge in [-0.15, -0.1) is 0 Å². The Hall–Kier alpha value is -2.03. The van der Waals surface area contributed by atoms with Gasteiger partial charge >= 0.3 is 0 Å². The van der Waals surface area contributed by atoms with Gasteiger partial charge in [0.1, 0.15) is 0 Å². The monoisotopic (exact) mass is 616 g/mol. The summed E-state index contributed by atoms with van der Waals surface area (Å²) in [5, 5.41) is 10.7. The molecule has 2 aromatic rings. The largest absolute Gasteiger partial charge is 0.408 e. The topological polar surface area (TPSA) is 38.7 Å². The molecule has 0 unspecified atom stereocenters. The summed E-state index contributed by atoms with van der Waals surface area (Å²) in [5.74, 6) is 0. The maximum absolute atomic E-state index is 10.6. The van der Waals surface area contributed by atoms with Crippen molar-refractivity contribution in [2.75, 3.05) is 0 Å². The van der Waals surface area contributed by atoms with E-state index < -0.39 is 16.8 Å². The summed E-state index contributed by atoms with van der Waals surface area (Å²) in [7, 11) is 0.763. The number of hydrogen-bond donors (Lipinski definition) is 1. The number of allylic oxidation sites excluding steroid dienone is 3. The molecule has 0 aliphatic heterocycles. The molecule has 4 radical (unpaired) electrons. The van der Waals surface area contributed by atoms with E-state index in [1.54, 1.807) is 0 Å². The Bertz CT molecular complexity index is 1280. The van der Waals surface area contributed by atoms with Crippen LogP contribution in [-0.4, -0.2) is 30.2 Å². The molecular weight excluding hydrogens is 561 g/mol. The van der Waals surface area contributed by atoms with Gasteiger partial charge in [-0.2, -0.15) is 0 Å². The van der Waals surface area contributed by atoms with Gasteiger partial charge in [0.2, 0.25) is 19.5 Å². The van der Waals surface area contributed by atoms with Gasteiger partial charge < -0.3 is 14.0 Å². The van der Waals surface area contributed by atoms with Gasteiger partial charge in [-0.25, -0.2) is 0 Å². The Balaban J connectivity index is 2.44. The van der Waals surface area contributed by atoms with Gasteiger partial charge in [0.05, 0.1) is 16.8 Å². The van der Waals surface area contributed by atoms with Crippen LogP contribution in [0.1, 0.15) is 131 Å². The molecule has 0 fully saturated rings. The standard InChI is InChI=1S/C38H56O3Si2/c1-14-38(39,15-2)25-17-18-28(3)31-20-16-19-29(26-31)21-22-30-23-24-32(36(10,11)40-42-34(4,5)6)33(27-30)37(12,13)41-43-35(7,8)9/h16-27,39H,14-15H2,1-13H3. The molecule has 2 aromatic carbocycles. The summed E-state index contributed by atoms with van der Waals surface area (Å²) < 4.78 is 13.2. The summed E-state index contributed by atoms with van der Waals surface area (Å²) in [4.78, 5) is 0. The summed E-state index contributed by atoms with van der Waals surface area (Å²) in [5.41, 5.74) is 5.24. The van der Waals surface area contributed by atoms with E-state index >= 15 is 0 Å². The Morgan fingerprint density at radius 3 is 1.74 bits per heavy atom. The van der Waals surface area contributed by atoms with Gasteiger partial charge in [0.25, 0.3) is 0 Å². The summed E-state index contributed by atoms with van der Waals surface area (Å²) >= 11 is 0. The van der Waals surface area contributed by atoms with Crippen LogP contribution in [-0.2, 0) is 20.1 Å². The predicted molar refractivity (Wildman–Crippen MR) is 189 cm³/mol. The molecule has 0 spiro atoms. The van der Waals surface area contributed by atoms with Crippen LogP contribution in [0.15, 0.2) is 60.7 Å². The van der Waals surface area contributed by atoms with Crippen molar-refractivity contribution < 1.29 is 14.0 Å². The Labute approximate surface area is 268 Å². The van der Waals surface area contributed by atoms with Crippen molar-refractivity contribution in [3.8, 4) is 0 Å². The third kappa shape index (κ3) is 12.1. The lowest BCUT2D eigenvalue weighted by molar-refractivity contribution is 0.0828. The van der Waals surface area contributed by atoms with Crippen molar-refractivity contribution in [1.82, 2.24) is 0 Å². The Morgan fingerprint density at radius 1 is 0.721 bits per heavy atom. The van der Waals surface area contributed by atoms with Crippen molar-refractivity contribution in [2.45, 2.75) is 130 Å². The molecule has 2 rings (SSSR count). The zero-order valence-corrected chi connectivity index (χ0v) is 31.1. The zero-order chi connectivity index (χ0) is 32.7. The van der Waals surface area contributed by atoms with Crippen molar-refractivity contribution in [2.24, 2.45) is 0 Å². The van der Waals surface area contributed by atoms with E-state index in [4.69, 9.17) is 8.85 Å². The molecule has 0 bridgehead atoms. The van der Waals surface area contributed by atoms with E-state index in [0.717, 1.165) is 27.8 Å². The summed E-state index contributed by atoms with van der Waals surface area (Å²) in [6.07, 6.45) is 11.7. The summed E-state index contributed by atoms with van der Waals surface area (Å²) in [6, 6.07) is 15.2. The average Bonchev–Trinajstić information content (AvgIpc) is 2.93. The fourth-order valence-electron chi connectivity index (χ4n) is 4.39. The number of benzene rings is 2. The van der Waals surface area contributed by atoms with E-state index in [1.165, 1.54) is 5.56 Å². The highest BCUT2D eigenvalue weighted by atomic mass is 28.2. The fraction of sp³-hybridized carbons (Fsp3) is 0.526. The molecule has 0 aromatic heterocycles. The molecule has 43 heavy (non-hydrogen) atoms. The molecule has 0 atom stereocenters. The fourth-order valence-corrected chi connectivity index (χ4v) is 5.74. The van der Waals surface area contributed by atoms with Crippen LogP contribution in [0, 0.1) is 0 Å². The van der Waals surface area contributed by atoms with E-state index in [2.05, 4.69) is 137 Å². The maximum Gasteiger partial charge on any atom is 0.236 e. The van der Waals surface area contributed by atoms with Gasteiger partial charge in [-0.05, 0) is 103 Å². The first kappa shape index (κ1) is 37.2. The lowest BCUT2D eigenvalue weighted by Crippen LogP contribution is -2.34. The third-order valence-electron chi connectivity index (χ3n) is 7.35. The lowest BCUT2D eigenvalue weighted by Gasteiger charge is -2.37. The molecule has 234 valence electrons. The molecule has 0 heterocycles. The zero-order valence-electron chi connectivity index (χ0n) is 29.1. The molecule has 1 N–H and O–H groups in total. The third-order valence-corrected chi connectivity index (χ3v) is 9.80. The number of aliphatic hydroxyl groups is 1. The van der Waals surface area contributed by atoms with Gasteiger partial charge in [-0.3, -0.25) is 0 Å². The van der Waals surface area contributed by atoms with Crippen LogP contribution in [0.4, 0.5) is 0 Å². The highest BCUT2D eigenvalue weighted by molar-refractivity contribution is 6.32. The first-order valence-electron chi connectivity index (χ1n) is 15.6. The van der Waals surface area contributed by atoms with E-state index in [9.17, 15) is 5.11 Å². The molecule has 0 aliphatic rings. The normalized spacial score (nSPS) is 14.3. The first-order chi connectivity index (χ1) is 19.7. The summed E-state index contributed by atoms with van der Waals surface area (Å²) in [6.45, 7) is 28.1. The van der Waals surface area contributed by atoms with E-state index in [0.29, 0.717) is 32.4 Å². The lowest BCUT2D eigenvalue weighted by atomic mass is 9.84. The second kappa shape index (κ2) is 14.8. The maximum atomic E-state index is 10.6. The molecular formula is C38H56O3Si2. The average molecular weight is 617 g/mol. The van der Waals surface area contributed by atoms with E-state index in [-0.39, 0.29) is 10.1 Å². The van der Waals surface area contributed by atoms with E-state index in [1.807, 2.05) is 26.0 Å². The quantitative estimate of drug-likeness (QED) is 0.138. The van der Waals surface area contributed by atoms with Crippen molar-refractivity contribution in [3.05, 3.63) is 88.5 Å². The van der Waals surface area contributed by atoms with Gasteiger partial charge in [0, 0.05) is 0 Å². The molecule has 0 saturated carbocycles. The Morgan fingerprint density at radius 2 is 1.23 bits per heavy atom. The van der Waals surface area contributed by atoms with Gasteiger partial charge in [0.15, 0.2) is 0 Å². The van der Waals surface area contributed by atoms with Crippen molar-refractivity contribution in [3.63, 3.8) is 0 Å². The van der Waals surface area contributed by atoms with Crippen LogP contribution >= 0.6 is 0 Å². The second-order valence-corrected chi connectivity index (χ2v) is 18.5. The van der Waals surface area contributed by atoms with Crippen molar-refractivity contribution in [1.29, 1.82) is 0 Å². The Kier molecular flexibility index (Phi) is 12.8. The highest BCUT2D eigenvalue weighted by Crippen LogP contribution is 2.39. The van der Waals surface area contributed by atoms with Crippen LogP contribution < -0.4 is 0 Å². The van der Waals surface area contributed by atoms with Gasteiger partial charge in [-0.1, -0.05) is 116 Å². The SMILES string of the molecule is CCC(O)(C=CC=C(C)c1cccc(C=Cc2ccc(C(C)(C)O[Si]C(C)(C)C)c(C(C)(C)O[Si]C(C)(C)C)c2)c1)CC. The molecule has 0 amide bonds. The number of hydrogen-bond acceptors (Lipinski definition) is 3. The van der Waals surface area contributed by atoms with Crippen LogP contribution in [0.5, 0.6) is 0 Å². The van der Waals surface area contributed by atoms with Crippen LogP contribution in [0.2, 0.25) is 10.1 Å². The molecule has 3 nitrogen and oxygen atoms in total. The molecule has 5 heteroatoms.